The highest BCUT2D eigenvalue weighted by atomic mass is 19.1. The van der Waals surface area contributed by atoms with Gasteiger partial charge in [-0.1, -0.05) is 0 Å². The van der Waals surface area contributed by atoms with Crippen LogP contribution >= 0.6 is 0 Å². The first-order valence-corrected chi connectivity index (χ1v) is 8.74. The number of aromatic amines is 1. The van der Waals surface area contributed by atoms with E-state index in [4.69, 9.17) is 0 Å². The van der Waals surface area contributed by atoms with Gasteiger partial charge < -0.3 is 9.47 Å². The molecule has 3 heterocycles. The maximum absolute atomic E-state index is 13.1. The van der Waals surface area contributed by atoms with Crippen molar-refractivity contribution in [3.8, 4) is 11.3 Å². The molecule has 2 aromatic heterocycles. The summed E-state index contributed by atoms with van der Waals surface area (Å²) in [5.74, 6) is 0.0759. The Morgan fingerprint density at radius 3 is 2.92 bits per heavy atom. The molecule has 1 amide bonds. The van der Waals surface area contributed by atoms with E-state index in [2.05, 4.69) is 15.2 Å². The van der Waals surface area contributed by atoms with E-state index < -0.39 is 0 Å². The van der Waals surface area contributed by atoms with Crippen molar-refractivity contribution in [2.75, 3.05) is 13.1 Å². The van der Waals surface area contributed by atoms with E-state index in [-0.39, 0.29) is 17.6 Å². The Morgan fingerprint density at radius 2 is 2.15 bits per heavy atom. The highest BCUT2D eigenvalue weighted by Crippen LogP contribution is 2.28. The fraction of sp³-hybridized carbons (Fsp3) is 0.316. The first kappa shape index (κ1) is 16.5. The average molecular weight is 353 g/mol. The van der Waals surface area contributed by atoms with Crippen molar-refractivity contribution in [2.24, 2.45) is 0 Å². The highest BCUT2D eigenvalue weighted by Gasteiger charge is 2.26. The fourth-order valence-electron chi connectivity index (χ4n) is 3.41. The molecule has 0 radical (unpaired) electrons. The second-order valence-corrected chi connectivity index (χ2v) is 6.63. The molecule has 1 N–H and O–H groups in total. The molecule has 0 bridgehead atoms. The number of imidazole rings is 1. The van der Waals surface area contributed by atoms with Crippen LogP contribution in [0.3, 0.4) is 0 Å². The van der Waals surface area contributed by atoms with Crippen molar-refractivity contribution in [3.63, 3.8) is 0 Å². The van der Waals surface area contributed by atoms with E-state index >= 15 is 0 Å². The molecular weight excluding hydrogens is 333 g/mol. The Balaban J connectivity index is 1.44. The Kier molecular flexibility index (Phi) is 4.51. The highest BCUT2D eigenvalue weighted by molar-refractivity contribution is 5.76. The molecule has 1 fully saturated rings. The van der Waals surface area contributed by atoms with Gasteiger partial charge in [0.15, 0.2) is 0 Å². The minimum absolute atomic E-state index is 0.103. The SMILES string of the molecule is O=C(Cn1ccnc1)N1CCC[C@H](c2cc(-c3ccc(F)cc3)n[nH]2)C1. The zero-order valence-corrected chi connectivity index (χ0v) is 14.3. The van der Waals surface area contributed by atoms with Gasteiger partial charge in [-0.15, -0.1) is 0 Å². The standard InChI is InChI=1S/C19H20FN5O/c20-16-5-3-14(4-6-16)17-10-18(23-22-17)15-2-1-8-25(11-15)19(26)12-24-9-7-21-13-24/h3-7,9-10,13,15H,1-2,8,11-12H2,(H,22,23)/t15-/m0/s1. The molecule has 1 saturated heterocycles. The number of piperidine rings is 1. The van der Waals surface area contributed by atoms with Crippen LogP contribution in [0, 0.1) is 5.82 Å². The predicted octanol–water partition coefficient (Wildman–Crippen LogP) is 2.82. The number of benzene rings is 1. The number of nitrogens with one attached hydrogen (secondary N) is 1. The molecule has 1 aliphatic rings. The lowest BCUT2D eigenvalue weighted by molar-refractivity contribution is -0.133. The third-order valence-corrected chi connectivity index (χ3v) is 4.83. The molecule has 134 valence electrons. The molecule has 1 aliphatic heterocycles. The average Bonchev–Trinajstić information content (AvgIpc) is 3.34. The first-order valence-electron chi connectivity index (χ1n) is 8.74. The number of hydrogen-bond acceptors (Lipinski definition) is 3. The Labute approximate surface area is 150 Å². The van der Waals surface area contributed by atoms with Gasteiger partial charge in [0.1, 0.15) is 12.4 Å². The van der Waals surface area contributed by atoms with Crippen LogP contribution in [0.15, 0.2) is 49.1 Å². The summed E-state index contributed by atoms with van der Waals surface area (Å²) in [6, 6.07) is 8.30. The Bertz CT molecular complexity index is 872. The predicted molar refractivity (Wildman–Crippen MR) is 94.8 cm³/mol. The van der Waals surface area contributed by atoms with Crippen molar-refractivity contribution < 1.29 is 9.18 Å². The van der Waals surface area contributed by atoms with Crippen LogP contribution < -0.4 is 0 Å². The van der Waals surface area contributed by atoms with Gasteiger partial charge in [0, 0.05) is 42.7 Å². The number of carbonyl (C=O) groups is 1. The monoisotopic (exact) mass is 353 g/mol. The number of hydrogen-bond donors (Lipinski definition) is 1. The first-order chi connectivity index (χ1) is 12.7. The lowest BCUT2D eigenvalue weighted by Gasteiger charge is -2.32. The van der Waals surface area contributed by atoms with Gasteiger partial charge in [0.2, 0.25) is 5.91 Å². The zero-order valence-electron chi connectivity index (χ0n) is 14.3. The van der Waals surface area contributed by atoms with E-state index in [9.17, 15) is 9.18 Å². The minimum atomic E-state index is -0.260. The lowest BCUT2D eigenvalue weighted by atomic mass is 9.94. The number of amides is 1. The van der Waals surface area contributed by atoms with Crippen molar-refractivity contribution >= 4 is 5.91 Å². The molecule has 1 aromatic carbocycles. The third kappa shape index (κ3) is 3.51. The summed E-state index contributed by atoms with van der Waals surface area (Å²) < 4.78 is 14.9. The zero-order chi connectivity index (χ0) is 17.9. The second kappa shape index (κ2) is 7.11. The molecule has 0 spiro atoms. The number of carbonyl (C=O) groups excluding carboxylic acids is 1. The van der Waals surface area contributed by atoms with E-state index in [1.54, 1.807) is 35.4 Å². The summed E-state index contributed by atoms with van der Waals surface area (Å²) >= 11 is 0. The van der Waals surface area contributed by atoms with Crippen LogP contribution in [0.2, 0.25) is 0 Å². The molecule has 0 saturated carbocycles. The number of nitrogens with zero attached hydrogens (tertiary/aromatic N) is 4. The summed E-state index contributed by atoms with van der Waals surface area (Å²) in [6.45, 7) is 1.78. The second-order valence-electron chi connectivity index (χ2n) is 6.63. The van der Waals surface area contributed by atoms with Crippen LogP contribution in [0.4, 0.5) is 4.39 Å². The van der Waals surface area contributed by atoms with Crippen LogP contribution in [-0.4, -0.2) is 43.6 Å². The molecule has 0 aliphatic carbocycles. The quantitative estimate of drug-likeness (QED) is 0.784. The van der Waals surface area contributed by atoms with Crippen molar-refractivity contribution in [2.45, 2.75) is 25.3 Å². The van der Waals surface area contributed by atoms with Gasteiger partial charge in [-0.05, 0) is 43.2 Å². The molecule has 26 heavy (non-hydrogen) atoms. The molecule has 6 nitrogen and oxygen atoms in total. The number of likely N-dealkylation sites (tertiary alicyclic amines) is 1. The van der Waals surface area contributed by atoms with Gasteiger partial charge >= 0.3 is 0 Å². The maximum atomic E-state index is 13.1. The largest absolute Gasteiger partial charge is 0.340 e. The van der Waals surface area contributed by atoms with Crippen LogP contribution in [0.25, 0.3) is 11.3 Å². The summed E-state index contributed by atoms with van der Waals surface area (Å²) in [4.78, 5) is 18.4. The smallest absolute Gasteiger partial charge is 0.242 e. The van der Waals surface area contributed by atoms with E-state index in [0.29, 0.717) is 13.1 Å². The Hall–Kier alpha value is -2.96. The molecule has 3 aromatic rings. The van der Waals surface area contributed by atoms with Crippen LogP contribution in [-0.2, 0) is 11.3 Å². The van der Waals surface area contributed by atoms with Gasteiger partial charge in [0.05, 0.1) is 12.0 Å². The van der Waals surface area contributed by atoms with Crippen LogP contribution in [0.1, 0.15) is 24.5 Å². The molecule has 0 unspecified atom stereocenters. The molecule has 4 rings (SSSR count). The fourth-order valence-corrected chi connectivity index (χ4v) is 3.41. The van der Waals surface area contributed by atoms with E-state index in [1.165, 1.54) is 12.1 Å². The van der Waals surface area contributed by atoms with Crippen molar-refractivity contribution in [3.05, 3.63) is 60.6 Å². The topological polar surface area (TPSA) is 66.8 Å². The minimum Gasteiger partial charge on any atom is -0.340 e. The summed E-state index contributed by atoms with van der Waals surface area (Å²) in [7, 11) is 0. The molecule has 1 atom stereocenters. The Morgan fingerprint density at radius 1 is 1.31 bits per heavy atom. The summed E-state index contributed by atoms with van der Waals surface area (Å²) in [6.07, 6.45) is 7.10. The van der Waals surface area contributed by atoms with Gasteiger partial charge in [-0.3, -0.25) is 9.89 Å². The maximum Gasteiger partial charge on any atom is 0.242 e. The van der Waals surface area contributed by atoms with Crippen molar-refractivity contribution in [1.82, 2.24) is 24.6 Å². The number of H-pyrrole nitrogens is 1. The lowest BCUT2D eigenvalue weighted by Crippen LogP contribution is -2.40. The summed E-state index contributed by atoms with van der Waals surface area (Å²) in [5, 5.41) is 7.46. The molecular formula is C19H20FN5O. The third-order valence-electron chi connectivity index (χ3n) is 4.83. The van der Waals surface area contributed by atoms with Gasteiger partial charge in [-0.25, -0.2) is 9.37 Å². The van der Waals surface area contributed by atoms with E-state index in [1.807, 2.05) is 11.0 Å². The van der Waals surface area contributed by atoms with Gasteiger partial charge in [-0.2, -0.15) is 5.10 Å². The number of halogens is 1. The van der Waals surface area contributed by atoms with Crippen molar-refractivity contribution in [1.29, 1.82) is 0 Å². The van der Waals surface area contributed by atoms with E-state index in [0.717, 1.165) is 36.3 Å². The molecule has 7 heteroatoms. The van der Waals surface area contributed by atoms with Crippen LogP contribution in [0.5, 0.6) is 0 Å². The van der Waals surface area contributed by atoms with Gasteiger partial charge in [0.25, 0.3) is 0 Å². The summed E-state index contributed by atoms with van der Waals surface area (Å²) in [5.41, 5.74) is 2.68. The normalized spacial score (nSPS) is 17.4. The number of rotatable bonds is 4. The number of aromatic nitrogens is 4.